The second-order valence-electron chi connectivity index (χ2n) is 6.23. The number of aryl methyl sites for hydroxylation is 1. The third-order valence-electron chi connectivity index (χ3n) is 4.19. The van der Waals surface area contributed by atoms with Crippen molar-refractivity contribution in [3.8, 4) is 5.75 Å². The largest absolute Gasteiger partial charge is 0.471 e. The van der Waals surface area contributed by atoms with Gasteiger partial charge in [-0.15, -0.1) is 0 Å². The van der Waals surface area contributed by atoms with Gasteiger partial charge >= 0.3 is 5.82 Å². The van der Waals surface area contributed by atoms with Gasteiger partial charge < -0.3 is 20.2 Å². The van der Waals surface area contributed by atoms with Crippen LogP contribution in [0.2, 0.25) is 5.02 Å². The molecule has 0 radical (unpaired) electrons. The van der Waals surface area contributed by atoms with Crippen LogP contribution in [0.15, 0.2) is 36.7 Å². The Morgan fingerprint density at radius 1 is 1.34 bits per heavy atom. The van der Waals surface area contributed by atoms with Gasteiger partial charge in [0.2, 0.25) is 5.91 Å². The zero-order chi connectivity index (χ0) is 21.0. The van der Waals surface area contributed by atoms with Gasteiger partial charge in [0.1, 0.15) is 12.3 Å². The first-order valence-electron chi connectivity index (χ1n) is 8.78. The van der Waals surface area contributed by atoms with Crippen molar-refractivity contribution in [3.63, 3.8) is 0 Å². The van der Waals surface area contributed by atoms with Crippen LogP contribution in [0.5, 0.6) is 5.75 Å². The standard InChI is InChI=1S/C18H19ClN6O4/c1-3-13-4-6-15(7-5-13)29-11-23-9-14(8-20-23)21-16(26)10-24-12(2)17(19)18(22-24)25(27)28/h4-9H,3,10-11H2,1-2H3,(H,21,26). The molecule has 2 heterocycles. The van der Waals surface area contributed by atoms with Gasteiger partial charge in [0, 0.05) is 0 Å². The molecule has 0 saturated carbocycles. The number of nitrogens with zero attached hydrogens (tertiary/aromatic N) is 5. The first-order chi connectivity index (χ1) is 13.9. The van der Waals surface area contributed by atoms with Gasteiger partial charge in [-0.05, 0) is 36.0 Å². The number of rotatable bonds is 8. The molecule has 0 aliphatic carbocycles. The van der Waals surface area contributed by atoms with E-state index in [1.54, 1.807) is 13.1 Å². The maximum atomic E-state index is 12.2. The number of aromatic nitrogens is 4. The number of nitro groups is 1. The van der Waals surface area contributed by atoms with Crippen LogP contribution in [-0.4, -0.2) is 30.4 Å². The molecule has 10 nitrogen and oxygen atoms in total. The third kappa shape index (κ3) is 4.91. The second-order valence-corrected chi connectivity index (χ2v) is 6.60. The number of anilines is 1. The summed E-state index contributed by atoms with van der Waals surface area (Å²) in [5.41, 5.74) is 2.03. The van der Waals surface area contributed by atoms with Crippen molar-refractivity contribution in [1.82, 2.24) is 19.6 Å². The zero-order valence-corrected chi connectivity index (χ0v) is 16.6. The fourth-order valence-corrected chi connectivity index (χ4v) is 2.78. The second kappa shape index (κ2) is 8.74. The third-order valence-corrected chi connectivity index (χ3v) is 4.64. The first-order valence-corrected chi connectivity index (χ1v) is 9.16. The van der Waals surface area contributed by atoms with E-state index in [9.17, 15) is 14.9 Å². The van der Waals surface area contributed by atoms with Crippen molar-refractivity contribution in [2.24, 2.45) is 0 Å². The van der Waals surface area contributed by atoms with Crippen LogP contribution in [0.1, 0.15) is 18.2 Å². The predicted molar refractivity (Wildman–Crippen MR) is 106 cm³/mol. The number of halogens is 1. The van der Waals surface area contributed by atoms with Crippen LogP contribution in [0, 0.1) is 17.0 Å². The van der Waals surface area contributed by atoms with Crippen LogP contribution < -0.4 is 10.1 Å². The minimum atomic E-state index is -0.691. The number of nitrogens with one attached hydrogen (secondary N) is 1. The molecule has 0 bridgehead atoms. The van der Waals surface area contributed by atoms with Crippen LogP contribution in [0.25, 0.3) is 0 Å². The molecule has 0 saturated heterocycles. The summed E-state index contributed by atoms with van der Waals surface area (Å²) in [5.74, 6) is -0.178. The van der Waals surface area contributed by atoms with Gasteiger partial charge in [0.05, 0.1) is 28.9 Å². The van der Waals surface area contributed by atoms with E-state index < -0.39 is 16.6 Å². The molecule has 0 unspecified atom stereocenters. The lowest BCUT2D eigenvalue weighted by molar-refractivity contribution is -0.389. The highest BCUT2D eigenvalue weighted by atomic mass is 35.5. The number of carbonyl (C=O) groups excluding carboxylic acids is 1. The minimum Gasteiger partial charge on any atom is -0.471 e. The van der Waals surface area contributed by atoms with Gasteiger partial charge in [-0.25, -0.2) is 4.68 Å². The van der Waals surface area contributed by atoms with Gasteiger partial charge in [0.25, 0.3) is 0 Å². The number of amides is 1. The molecule has 0 atom stereocenters. The number of benzene rings is 1. The Morgan fingerprint density at radius 3 is 2.69 bits per heavy atom. The molecule has 0 spiro atoms. The van der Waals surface area contributed by atoms with Crippen molar-refractivity contribution in [2.45, 2.75) is 33.5 Å². The average Bonchev–Trinajstić information content (AvgIpc) is 3.26. The number of hydrogen-bond acceptors (Lipinski definition) is 6. The number of ether oxygens (including phenoxy) is 1. The van der Waals surface area contributed by atoms with Crippen molar-refractivity contribution in [2.75, 3.05) is 5.32 Å². The van der Waals surface area contributed by atoms with E-state index in [-0.39, 0.29) is 18.3 Å². The molecule has 2 aromatic heterocycles. The smallest absolute Gasteiger partial charge is 0.408 e. The fraction of sp³-hybridized carbons (Fsp3) is 0.278. The Morgan fingerprint density at radius 2 is 2.07 bits per heavy atom. The molecular weight excluding hydrogens is 400 g/mol. The summed E-state index contributed by atoms with van der Waals surface area (Å²) in [4.78, 5) is 22.4. The van der Waals surface area contributed by atoms with Gasteiger partial charge in [-0.2, -0.15) is 9.78 Å². The van der Waals surface area contributed by atoms with Gasteiger partial charge in [-0.3, -0.25) is 4.79 Å². The van der Waals surface area contributed by atoms with E-state index in [1.807, 2.05) is 24.3 Å². The highest BCUT2D eigenvalue weighted by Gasteiger charge is 2.25. The quantitative estimate of drug-likeness (QED) is 0.443. The normalized spacial score (nSPS) is 10.7. The Hall–Kier alpha value is -3.40. The summed E-state index contributed by atoms with van der Waals surface area (Å²) in [5, 5.41) is 21.3. The molecule has 0 aliphatic rings. The van der Waals surface area contributed by atoms with E-state index in [0.29, 0.717) is 11.4 Å². The molecule has 3 aromatic rings. The van der Waals surface area contributed by atoms with Crippen molar-refractivity contribution < 1.29 is 14.5 Å². The van der Waals surface area contributed by atoms with Gasteiger partial charge in [0.15, 0.2) is 11.8 Å². The monoisotopic (exact) mass is 418 g/mol. The van der Waals surface area contributed by atoms with E-state index >= 15 is 0 Å². The fourth-order valence-electron chi connectivity index (χ4n) is 2.58. The molecule has 152 valence electrons. The molecule has 3 rings (SSSR count). The highest BCUT2D eigenvalue weighted by Crippen LogP contribution is 2.26. The molecule has 1 aromatic carbocycles. The van der Waals surface area contributed by atoms with Crippen molar-refractivity contribution >= 4 is 29.0 Å². The first kappa shape index (κ1) is 20.3. The van der Waals surface area contributed by atoms with Crippen LogP contribution in [0.4, 0.5) is 11.5 Å². The summed E-state index contributed by atoms with van der Waals surface area (Å²) in [6, 6.07) is 7.78. The maximum absolute atomic E-state index is 12.2. The van der Waals surface area contributed by atoms with Crippen molar-refractivity contribution in [3.05, 3.63) is 63.1 Å². The lowest BCUT2D eigenvalue weighted by atomic mass is 10.2. The molecule has 0 fully saturated rings. The molecular formula is C18H19ClN6O4. The van der Waals surface area contributed by atoms with E-state index in [2.05, 4.69) is 22.4 Å². The summed E-state index contributed by atoms with van der Waals surface area (Å²) >= 11 is 5.87. The molecule has 0 aliphatic heterocycles. The minimum absolute atomic E-state index is 0.0836. The van der Waals surface area contributed by atoms with Crippen molar-refractivity contribution in [1.29, 1.82) is 0 Å². The molecule has 1 amide bonds. The number of carbonyl (C=O) groups is 1. The zero-order valence-electron chi connectivity index (χ0n) is 15.8. The van der Waals surface area contributed by atoms with E-state index in [0.717, 1.165) is 12.2 Å². The van der Waals surface area contributed by atoms with E-state index in [1.165, 1.54) is 21.1 Å². The predicted octanol–water partition coefficient (Wildman–Crippen LogP) is 3.19. The highest BCUT2D eigenvalue weighted by molar-refractivity contribution is 6.33. The Labute approximate surface area is 171 Å². The summed E-state index contributed by atoms with van der Waals surface area (Å²) < 4.78 is 8.37. The molecule has 1 N–H and O–H groups in total. The molecule has 29 heavy (non-hydrogen) atoms. The maximum Gasteiger partial charge on any atom is 0.408 e. The Bertz CT molecular complexity index is 1030. The number of hydrogen-bond donors (Lipinski definition) is 1. The lowest BCUT2D eigenvalue weighted by Crippen LogP contribution is -2.20. The van der Waals surface area contributed by atoms with Gasteiger partial charge in [-0.1, -0.05) is 30.7 Å². The summed E-state index contributed by atoms with van der Waals surface area (Å²) in [7, 11) is 0. The SMILES string of the molecule is CCc1ccc(OCn2cc(NC(=O)Cn3nc([N+](=O)[O-])c(Cl)c3C)cn2)cc1. The Kier molecular flexibility index (Phi) is 6.13. The Balaban J connectivity index is 1.56. The average molecular weight is 419 g/mol. The lowest BCUT2D eigenvalue weighted by Gasteiger charge is -2.06. The van der Waals surface area contributed by atoms with E-state index in [4.69, 9.17) is 16.3 Å². The van der Waals surface area contributed by atoms with Crippen LogP contribution in [0.3, 0.4) is 0 Å². The topological polar surface area (TPSA) is 117 Å². The summed E-state index contributed by atoms with van der Waals surface area (Å²) in [6.45, 7) is 3.60. The molecule has 11 heteroatoms. The summed E-state index contributed by atoms with van der Waals surface area (Å²) in [6.07, 6.45) is 4.05. The van der Waals surface area contributed by atoms with Crippen LogP contribution >= 0.6 is 11.6 Å². The van der Waals surface area contributed by atoms with Crippen LogP contribution in [-0.2, 0) is 24.5 Å².